The van der Waals surface area contributed by atoms with Crippen molar-refractivity contribution in [2.75, 3.05) is 13.1 Å². The molecule has 1 nitrogen and oxygen atoms in total. The molecule has 0 spiro atoms. The lowest BCUT2D eigenvalue weighted by atomic mass is 9.65. The van der Waals surface area contributed by atoms with Crippen molar-refractivity contribution in [2.24, 2.45) is 23.2 Å². The number of hydrogen-bond acceptors (Lipinski definition) is 1. The maximum absolute atomic E-state index is 2.66. The van der Waals surface area contributed by atoms with Gasteiger partial charge in [0.1, 0.15) is 0 Å². The maximum Gasteiger partial charge on any atom is 0.0125 e. The van der Waals surface area contributed by atoms with Crippen LogP contribution in [0.3, 0.4) is 0 Å². The number of hydrogen-bond donors (Lipinski definition) is 0. The van der Waals surface area contributed by atoms with Gasteiger partial charge in [0, 0.05) is 18.6 Å². The summed E-state index contributed by atoms with van der Waals surface area (Å²) in [4.78, 5) is 2.66. The minimum absolute atomic E-state index is 0.325. The van der Waals surface area contributed by atoms with Crippen molar-refractivity contribution in [3.8, 4) is 0 Å². The van der Waals surface area contributed by atoms with Gasteiger partial charge < -0.3 is 0 Å². The largest absolute Gasteiger partial charge is 0.298 e. The zero-order valence-corrected chi connectivity index (χ0v) is 12.6. The Morgan fingerprint density at radius 3 is 1.44 bits per heavy atom. The highest BCUT2D eigenvalue weighted by molar-refractivity contribution is 4.92. The lowest BCUT2D eigenvalue weighted by molar-refractivity contribution is -0.0247. The van der Waals surface area contributed by atoms with E-state index in [-0.39, 0.29) is 0 Å². The quantitative estimate of drug-likeness (QED) is 0.601. The summed E-state index contributed by atoms with van der Waals surface area (Å²) >= 11 is 0. The zero-order valence-electron chi connectivity index (χ0n) is 12.6. The Labute approximate surface area is 103 Å². The van der Waals surface area contributed by atoms with E-state index in [9.17, 15) is 0 Å². The average molecular weight is 225 g/mol. The molecule has 1 saturated heterocycles. The summed E-state index contributed by atoms with van der Waals surface area (Å²) in [7, 11) is 0. The van der Waals surface area contributed by atoms with Crippen LogP contribution in [0.2, 0.25) is 0 Å². The molecule has 16 heavy (non-hydrogen) atoms. The number of nitrogens with zero attached hydrogens (tertiary/aromatic N) is 1. The van der Waals surface area contributed by atoms with Crippen LogP contribution in [-0.4, -0.2) is 23.5 Å². The smallest absolute Gasteiger partial charge is 0.0125 e. The molecule has 1 rings (SSSR count). The minimum atomic E-state index is 0.325. The Bertz CT molecular complexity index is 219. The molecule has 0 aromatic rings. The van der Waals surface area contributed by atoms with E-state index in [4.69, 9.17) is 0 Å². The van der Waals surface area contributed by atoms with E-state index in [1.54, 1.807) is 0 Å². The van der Waals surface area contributed by atoms with Crippen LogP contribution in [0.4, 0.5) is 0 Å². The SMILES string of the molecule is C[C@H]1CN(C(C)(C)C)C[C@H](C)C1C(C)(C)C. The molecule has 1 fully saturated rings. The van der Waals surface area contributed by atoms with Gasteiger partial charge >= 0.3 is 0 Å². The molecule has 2 atom stereocenters. The van der Waals surface area contributed by atoms with Crippen molar-refractivity contribution in [3.05, 3.63) is 0 Å². The summed E-state index contributed by atoms with van der Waals surface area (Å²) in [5.41, 5.74) is 0.772. The van der Waals surface area contributed by atoms with Gasteiger partial charge in [-0.25, -0.2) is 0 Å². The standard InChI is InChI=1S/C15H31N/c1-11-9-16(15(6,7)8)10-12(2)13(11)14(3,4)5/h11-13H,9-10H2,1-8H3/t11-,12-/m0/s1. The first-order chi connectivity index (χ1) is 7.03. The molecule has 0 N–H and O–H groups in total. The van der Waals surface area contributed by atoms with E-state index in [1.807, 2.05) is 0 Å². The highest BCUT2D eigenvalue weighted by atomic mass is 15.2. The fourth-order valence-corrected chi connectivity index (χ4v) is 3.81. The molecular formula is C15H31N. The molecule has 1 aliphatic rings. The first-order valence-corrected chi connectivity index (χ1v) is 6.78. The summed E-state index contributed by atoms with van der Waals surface area (Å²) in [5.74, 6) is 2.47. The summed E-state index contributed by atoms with van der Waals surface area (Å²) < 4.78 is 0. The van der Waals surface area contributed by atoms with Gasteiger partial charge in [0.05, 0.1) is 0 Å². The van der Waals surface area contributed by atoms with Crippen LogP contribution in [0.25, 0.3) is 0 Å². The third kappa shape index (κ3) is 3.00. The predicted octanol–water partition coefficient (Wildman–Crippen LogP) is 4.04. The van der Waals surface area contributed by atoms with Crippen LogP contribution in [0.15, 0.2) is 0 Å². The molecule has 0 saturated carbocycles. The Hall–Kier alpha value is -0.0400. The number of piperidine rings is 1. The lowest BCUT2D eigenvalue weighted by Gasteiger charge is -2.51. The van der Waals surface area contributed by atoms with Gasteiger partial charge in [-0.2, -0.15) is 0 Å². The normalized spacial score (nSPS) is 30.8. The van der Waals surface area contributed by atoms with Crippen molar-refractivity contribution in [3.63, 3.8) is 0 Å². The monoisotopic (exact) mass is 225 g/mol. The van der Waals surface area contributed by atoms with Crippen LogP contribution >= 0.6 is 0 Å². The van der Waals surface area contributed by atoms with Crippen LogP contribution in [-0.2, 0) is 0 Å². The van der Waals surface area contributed by atoms with Crippen molar-refractivity contribution in [1.82, 2.24) is 4.90 Å². The molecule has 96 valence electrons. The predicted molar refractivity (Wildman–Crippen MR) is 72.6 cm³/mol. The number of rotatable bonds is 0. The van der Waals surface area contributed by atoms with Gasteiger partial charge in [0.15, 0.2) is 0 Å². The van der Waals surface area contributed by atoms with Crippen molar-refractivity contribution in [1.29, 1.82) is 0 Å². The van der Waals surface area contributed by atoms with Gasteiger partial charge in [0.25, 0.3) is 0 Å². The third-order valence-corrected chi connectivity index (χ3v) is 4.19. The van der Waals surface area contributed by atoms with Crippen LogP contribution in [0.5, 0.6) is 0 Å². The third-order valence-electron chi connectivity index (χ3n) is 4.19. The van der Waals surface area contributed by atoms with Crippen molar-refractivity contribution >= 4 is 0 Å². The van der Waals surface area contributed by atoms with Crippen LogP contribution < -0.4 is 0 Å². The molecule has 1 aliphatic heterocycles. The molecule has 1 heterocycles. The maximum atomic E-state index is 2.66. The van der Waals surface area contributed by atoms with Crippen molar-refractivity contribution in [2.45, 2.75) is 60.9 Å². The first-order valence-electron chi connectivity index (χ1n) is 6.78. The van der Waals surface area contributed by atoms with E-state index in [0.717, 1.165) is 17.8 Å². The Morgan fingerprint density at radius 1 is 0.812 bits per heavy atom. The molecule has 0 aliphatic carbocycles. The Morgan fingerprint density at radius 2 is 1.19 bits per heavy atom. The van der Waals surface area contributed by atoms with E-state index in [0.29, 0.717) is 11.0 Å². The van der Waals surface area contributed by atoms with Gasteiger partial charge in [-0.05, 0) is 43.9 Å². The molecule has 0 bridgehead atoms. The van der Waals surface area contributed by atoms with Gasteiger partial charge in [-0.1, -0.05) is 34.6 Å². The van der Waals surface area contributed by atoms with E-state index >= 15 is 0 Å². The second kappa shape index (κ2) is 4.33. The zero-order chi connectivity index (χ0) is 12.7. The fourth-order valence-electron chi connectivity index (χ4n) is 3.81. The molecule has 1 heteroatoms. The average Bonchev–Trinajstić information content (AvgIpc) is 1.97. The van der Waals surface area contributed by atoms with Crippen LogP contribution in [0, 0.1) is 23.2 Å². The minimum Gasteiger partial charge on any atom is -0.298 e. The van der Waals surface area contributed by atoms with Crippen molar-refractivity contribution < 1.29 is 0 Å². The van der Waals surface area contributed by atoms with Crippen LogP contribution in [0.1, 0.15) is 55.4 Å². The topological polar surface area (TPSA) is 3.24 Å². The molecule has 0 amide bonds. The summed E-state index contributed by atoms with van der Waals surface area (Å²) in [6, 6.07) is 0. The Kier molecular flexibility index (Phi) is 3.79. The highest BCUT2D eigenvalue weighted by Gasteiger charge is 2.41. The summed E-state index contributed by atoms with van der Waals surface area (Å²) in [6.07, 6.45) is 0. The molecule has 0 aromatic carbocycles. The van der Waals surface area contributed by atoms with E-state index < -0.39 is 0 Å². The number of likely N-dealkylation sites (tertiary alicyclic amines) is 1. The van der Waals surface area contributed by atoms with Gasteiger partial charge in [0.2, 0.25) is 0 Å². The van der Waals surface area contributed by atoms with E-state index in [2.05, 4.69) is 60.3 Å². The summed E-state index contributed by atoms with van der Waals surface area (Å²) in [6.45, 7) is 21.6. The second-order valence-electron chi connectivity index (χ2n) is 7.92. The Balaban J connectivity index is 2.80. The first kappa shape index (κ1) is 14.0. The fraction of sp³-hybridized carbons (Fsp3) is 1.00. The van der Waals surface area contributed by atoms with E-state index in [1.165, 1.54) is 13.1 Å². The molecule has 0 aromatic heterocycles. The molecule has 0 radical (unpaired) electrons. The van der Waals surface area contributed by atoms with Gasteiger partial charge in [-0.3, -0.25) is 4.90 Å². The summed E-state index contributed by atoms with van der Waals surface area (Å²) in [5, 5.41) is 0. The molecule has 0 unspecified atom stereocenters. The molecular weight excluding hydrogens is 194 g/mol. The highest BCUT2D eigenvalue weighted by Crippen LogP contribution is 2.42. The second-order valence-corrected chi connectivity index (χ2v) is 7.92. The lowest BCUT2D eigenvalue weighted by Crippen LogP contribution is -2.54. The van der Waals surface area contributed by atoms with Gasteiger partial charge in [-0.15, -0.1) is 0 Å².